The number of hydrogen-bond acceptors (Lipinski definition) is 3. The smallest absolute Gasteiger partial charge is 0.121 e. The van der Waals surface area contributed by atoms with E-state index in [4.69, 9.17) is 26.1 Å². The maximum Gasteiger partial charge on any atom is 0.121 e. The molecule has 0 saturated heterocycles. The molecule has 0 aromatic heterocycles. The number of benzene rings is 1. The molecule has 1 rings (SSSR count). The van der Waals surface area contributed by atoms with Crippen LogP contribution in [0.2, 0.25) is 0 Å². The van der Waals surface area contributed by atoms with Gasteiger partial charge in [0, 0.05) is 9.79 Å². The van der Waals surface area contributed by atoms with Crippen molar-refractivity contribution in [2.45, 2.75) is 9.79 Å². The number of hydrogen-bond donors (Lipinski definition) is 0. The van der Waals surface area contributed by atoms with Crippen molar-refractivity contribution in [3.05, 3.63) is 18.2 Å². The molecule has 0 radical (unpaired) electrons. The maximum atomic E-state index is 5.59. The molecule has 0 atom stereocenters. The first kappa shape index (κ1) is 10.4. The van der Waals surface area contributed by atoms with Gasteiger partial charge in [-0.05, 0) is 61.5 Å². The summed E-state index contributed by atoms with van der Waals surface area (Å²) in [6.07, 6.45) is 0. The van der Waals surface area contributed by atoms with Gasteiger partial charge < -0.3 is 4.74 Å². The largest absolute Gasteiger partial charge is 0.497 e. The summed E-state index contributed by atoms with van der Waals surface area (Å²) in [5.41, 5.74) is 0. The normalized spacial score (nSPS) is 9.92. The van der Waals surface area contributed by atoms with Gasteiger partial charge in [-0.2, -0.15) is 0 Å². The van der Waals surface area contributed by atoms with E-state index in [0.717, 1.165) is 37.5 Å². The zero-order valence-electron chi connectivity index (χ0n) is 6.21. The van der Waals surface area contributed by atoms with Gasteiger partial charge in [-0.15, -0.1) is 0 Å². The third-order valence-corrected chi connectivity index (χ3v) is 3.16. The molecule has 0 aliphatic rings. The minimum atomic E-state index is 0.767. The molecular formula is C7H6Cl2OS2. The lowest BCUT2D eigenvalue weighted by atomic mass is 10.3. The minimum absolute atomic E-state index is 0.767. The van der Waals surface area contributed by atoms with Crippen molar-refractivity contribution in [1.29, 1.82) is 0 Å². The predicted octanol–water partition coefficient (Wildman–Crippen LogP) is 4.19. The average Bonchev–Trinajstić information content (AvgIpc) is 2.16. The van der Waals surface area contributed by atoms with Crippen LogP contribution in [0.15, 0.2) is 28.0 Å². The van der Waals surface area contributed by atoms with E-state index >= 15 is 0 Å². The van der Waals surface area contributed by atoms with Crippen molar-refractivity contribution in [3.63, 3.8) is 0 Å². The molecule has 0 heterocycles. The fourth-order valence-corrected chi connectivity index (χ4v) is 2.03. The second-order valence-corrected chi connectivity index (χ2v) is 4.18. The van der Waals surface area contributed by atoms with Crippen LogP contribution >= 0.6 is 43.3 Å². The van der Waals surface area contributed by atoms with Crippen LogP contribution in [0.1, 0.15) is 0 Å². The van der Waals surface area contributed by atoms with E-state index in [0.29, 0.717) is 0 Å². The zero-order valence-corrected chi connectivity index (χ0v) is 9.36. The third kappa shape index (κ3) is 2.66. The summed E-state index contributed by atoms with van der Waals surface area (Å²) in [6.45, 7) is 0. The van der Waals surface area contributed by atoms with Crippen molar-refractivity contribution in [1.82, 2.24) is 0 Å². The Kier molecular flexibility index (Phi) is 4.43. The highest BCUT2D eigenvalue weighted by Crippen LogP contribution is 2.33. The summed E-state index contributed by atoms with van der Waals surface area (Å²) in [5.74, 6) is 0.767. The molecule has 0 aliphatic heterocycles. The fraction of sp³-hybridized carbons (Fsp3) is 0.143. The van der Waals surface area contributed by atoms with Crippen LogP contribution < -0.4 is 4.74 Å². The van der Waals surface area contributed by atoms with E-state index in [9.17, 15) is 0 Å². The molecule has 12 heavy (non-hydrogen) atoms. The number of rotatable bonds is 3. The lowest BCUT2D eigenvalue weighted by Crippen LogP contribution is -1.82. The maximum absolute atomic E-state index is 5.59. The first-order valence-electron chi connectivity index (χ1n) is 3.06. The summed E-state index contributed by atoms with van der Waals surface area (Å²) in [6, 6.07) is 5.61. The van der Waals surface area contributed by atoms with Crippen molar-refractivity contribution >= 4 is 43.3 Å². The molecule has 0 N–H and O–H groups in total. The quantitative estimate of drug-likeness (QED) is 0.785. The number of halogens is 2. The van der Waals surface area contributed by atoms with E-state index < -0.39 is 0 Å². The highest BCUT2D eigenvalue weighted by Gasteiger charge is 2.00. The van der Waals surface area contributed by atoms with Crippen molar-refractivity contribution in [2.24, 2.45) is 0 Å². The molecular weight excluding hydrogens is 235 g/mol. The van der Waals surface area contributed by atoms with Crippen LogP contribution in [0.3, 0.4) is 0 Å². The van der Waals surface area contributed by atoms with Gasteiger partial charge in [-0.1, -0.05) is 0 Å². The summed E-state index contributed by atoms with van der Waals surface area (Å²) in [4.78, 5) is 1.86. The molecule has 0 amide bonds. The Morgan fingerprint density at radius 3 is 1.92 bits per heavy atom. The van der Waals surface area contributed by atoms with Gasteiger partial charge in [0.1, 0.15) is 5.75 Å². The molecule has 1 nitrogen and oxygen atoms in total. The number of ether oxygens (including phenoxy) is 1. The third-order valence-electron chi connectivity index (χ3n) is 1.27. The monoisotopic (exact) mass is 240 g/mol. The highest BCUT2D eigenvalue weighted by molar-refractivity contribution is 8.21. The Hall–Kier alpha value is 0.300. The van der Waals surface area contributed by atoms with Gasteiger partial charge in [0.25, 0.3) is 0 Å². The Labute approximate surface area is 88.8 Å². The SMILES string of the molecule is COc1cc(SCl)cc(SCl)c1. The first-order valence-corrected chi connectivity index (χ1v) is 6.35. The van der Waals surface area contributed by atoms with Crippen molar-refractivity contribution in [2.75, 3.05) is 7.11 Å². The molecule has 0 unspecified atom stereocenters. The molecule has 1 aromatic rings. The van der Waals surface area contributed by atoms with E-state index in [1.807, 2.05) is 18.2 Å². The highest BCUT2D eigenvalue weighted by atomic mass is 35.7. The molecule has 0 spiro atoms. The lowest BCUT2D eigenvalue weighted by Gasteiger charge is -2.03. The van der Waals surface area contributed by atoms with Crippen LogP contribution in [-0.4, -0.2) is 7.11 Å². The Balaban J connectivity index is 3.01. The lowest BCUT2D eigenvalue weighted by molar-refractivity contribution is 0.412. The van der Waals surface area contributed by atoms with Gasteiger partial charge in [-0.3, -0.25) is 0 Å². The molecule has 0 saturated carbocycles. The summed E-state index contributed by atoms with van der Waals surface area (Å²) in [7, 11) is 15.1. The summed E-state index contributed by atoms with van der Waals surface area (Å²) >= 11 is 0. The van der Waals surface area contributed by atoms with Crippen LogP contribution in [0, 0.1) is 0 Å². The average molecular weight is 241 g/mol. The van der Waals surface area contributed by atoms with Crippen molar-refractivity contribution in [3.8, 4) is 5.75 Å². The van der Waals surface area contributed by atoms with E-state index in [1.165, 1.54) is 0 Å². The standard InChI is InChI=1S/C7H6Cl2OS2/c1-10-5-2-6(11-8)4-7(3-5)12-9/h2-4H,1H3. The molecule has 0 aliphatic carbocycles. The summed E-state index contributed by atoms with van der Waals surface area (Å²) < 4.78 is 5.06. The van der Waals surface area contributed by atoms with Gasteiger partial charge in [-0.25, -0.2) is 0 Å². The summed E-state index contributed by atoms with van der Waals surface area (Å²) in [5, 5.41) is 0. The fourth-order valence-electron chi connectivity index (χ4n) is 0.753. The molecule has 1 aromatic carbocycles. The Morgan fingerprint density at radius 2 is 1.58 bits per heavy atom. The molecule has 0 fully saturated rings. The van der Waals surface area contributed by atoms with Crippen LogP contribution in [-0.2, 0) is 0 Å². The second kappa shape index (κ2) is 5.12. The second-order valence-electron chi connectivity index (χ2n) is 2.00. The topological polar surface area (TPSA) is 9.23 Å². The first-order chi connectivity index (χ1) is 5.80. The van der Waals surface area contributed by atoms with Crippen LogP contribution in [0.25, 0.3) is 0 Å². The van der Waals surface area contributed by atoms with E-state index in [1.54, 1.807) is 7.11 Å². The number of methoxy groups -OCH3 is 1. The Bertz CT molecular complexity index is 212. The minimum Gasteiger partial charge on any atom is -0.497 e. The Morgan fingerprint density at radius 1 is 1.08 bits per heavy atom. The van der Waals surface area contributed by atoms with Crippen LogP contribution in [0.4, 0.5) is 0 Å². The van der Waals surface area contributed by atoms with Crippen molar-refractivity contribution < 1.29 is 4.74 Å². The molecule has 66 valence electrons. The van der Waals surface area contributed by atoms with Gasteiger partial charge in [0.15, 0.2) is 0 Å². The zero-order chi connectivity index (χ0) is 8.97. The van der Waals surface area contributed by atoms with E-state index in [-0.39, 0.29) is 0 Å². The van der Waals surface area contributed by atoms with Gasteiger partial charge in [0.05, 0.1) is 7.11 Å². The van der Waals surface area contributed by atoms with Crippen LogP contribution in [0.5, 0.6) is 5.75 Å². The van der Waals surface area contributed by atoms with Gasteiger partial charge in [0.2, 0.25) is 0 Å². The predicted molar refractivity (Wildman–Crippen MR) is 56.4 cm³/mol. The molecule has 5 heteroatoms. The van der Waals surface area contributed by atoms with E-state index in [2.05, 4.69) is 0 Å². The molecule has 0 bridgehead atoms. The van der Waals surface area contributed by atoms with Gasteiger partial charge >= 0.3 is 0 Å².